The summed E-state index contributed by atoms with van der Waals surface area (Å²) in [6, 6.07) is 21.2. The number of hydrogen-bond acceptors (Lipinski definition) is 5. The molecule has 206 valence electrons. The van der Waals surface area contributed by atoms with Gasteiger partial charge in [0, 0.05) is 42.8 Å². The van der Waals surface area contributed by atoms with E-state index in [0.717, 1.165) is 55.5 Å². The van der Waals surface area contributed by atoms with Crippen molar-refractivity contribution in [3.05, 3.63) is 93.5 Å². The molecular formula is C33H38N6O. The molecule has 1 saturated heterocycles. The van der Waals surface area contributed by atoms with Gasteiger partial charge in [-0.3, -0.25) is 9.36 Å². The van der Waals surface area contributed by atoms with Gasteiger partial charge in [-0.1, -0.05) is 42.5 Å². The number of aryl methyl sites for hydroxylation is 1. The predicted octanol–water partition coefficient (Wildman–Crippen LogP) is 5.36. The molecule has 0 spiro atoms. The second-order valence-corrected chi connectivity index (χ2v) is 11.5. The first-order chi connectivity index (χ1) is 19.7. The van der Waals surface area contributed by atoms with Crippen LogP contribution in [0.15, 0.2) is 65.5 Å². The molecule has 7 rings (SSSR count). The van der Waals surface area contributed by atoms with Crippen LogP contribution in [0.25, 0.3) is 11.3 Å². The Morgan fingerprint density at radius 2 is 1.73 bits per heavy atom. The van der Waals surface area contributed by atoms with Crippen molar-refractivity contribution in [3.63, 3.8) is 0 Å². The van der Waals surface area contributed by atoms with Crippen molar-refractivity contribution in [2.75, 3.05) is 29.9 Å². The van der Waals surface area contributed by atoms with Crippen LogP contribution < -0.4 is 21.1 Å². The smallest absolute Gasteiger partial charge is 0.294 e. The van der Waals surface area contributed by atoms with Crippen LogP contribution in [0.2, 0.25) is 0 Å². The fourth-order valence-corrected chi connectivity index (χ4v) is 6.90. The van der Waals surface area contributed by atoms with Crippen LogP contribution >= 0.6 is 0 Å². The molecule has 0 atom stereocenters. The highest BCUT2D eigenvalue weighted by Crippen LogP contribution is 2.34. The molecule has 0 saturated carbocycles. The molecule has 2 aliphatic heterocycles. The fourth-order valence-electron chi connectivity index (χ4n) is 6.90. The number of piperidine rings is 1. The van der Waals surface area contributed by atoms with Crippen molar-refractivity contribution >= 4 is 17.3 Å². The summed E-state index contributed by atoms with van der Waals surface area (Å²) in [4.78, 5) is 21.1. The number of hydrogen-bond donors (Lipinski definition) is 2. The number of rotatable bonds is 5. The van der Waals surface area contributed by atoms with Gasteiger partial charge in [0.25, 0.3) is 5.56 Å². The maximum atomic E-state index is 13.7. The van der Waals surface area contributed by atoms with Gasteiger partial charge in [-0.25, -0.2) is 4.98 Å². The van der Waals surface area contributed by atoms with Crippen LogP contribution in [-0.2, 0) is 33.0 Å². The Bertz CT molecular complexity index is 1560. The van der Waals surface area contributed by atoms with E-state index in [1.54, 1.807) is 4.57 Å². The van der Waals surface area contributed by atoms with Crippen LogP contribution in [0.3, 0.4) is 0 Å². The lowest BCUT2D eigenvalue weighted by Gasteiger charge is -2.34. The van der Waals surface area contributed by atoms with Crippen molar-refractivity contribution in [2.24, 2.45) is 7.05 Å². The topological polar surface area (TPSA) is 67.1 Å². The number of aromatic nitrogens is 3. The van der Waals surface area contributed by atoms with Gasteiger partial charge in [0.1, 0.15) is 11.5 Å². The molecule has 2 aromatic carbocycles. The van der Waals surface area contributed by atoms with E-state index in [1.165, 1.54) is 61.0 Å². The number of benzene rings is 2. The molecule has 1 aliphatic carbocycles. The highest BCUT2D eigenvalue weighted by molar-refractivity contribution is 5.75. The van der Waals surface area contributed by atoms with Crippen LogP contribution in [0.4, 0.5) is 17.3 Å². The zero-order valence-corrected chi connectivity index (χ0v) is 23.3. The monoisotopic (exact) mass is 534 g/mol. The average molecular weight is 535 g/mol. The third-order valence-corrected chi connectivity index (χ3v) is 9.03. The van der Waals surface area contributed by atoms with Crippen LogP contribution in [0.5, 0.6) is 0 Å². The summed E-state index contributed by atoms with van der Waals surface area (Å²) in [5, 5.41) is 6.79. The van der Waals surface area contributed by atoms with Gasteiger partial charge < -0.3 is 20.1 Å². The van der Waals surface area contributed by atoms with E-state index < -0.39 is 0 Å². The molecular weight excluding hydrogens is 496 g/mol. The Morgan fingerprint density at radius 1 is 0.950 bits per heavy atom. The molecule has 1 fully saturated rings. The normalized spacial score (nSPS) is 17.4. The number of fused-ring (bicyclic) bond motifs is 3. The van der Waals surface area contributed by atoms with Crippen LogP contribution in [0.1, 0.15) is 54.1 Å². The van der Waals surface area contributed by atoms with Crippen molar-refractivity contribution in [3.8, 4) is 11.3 Å². The number of nitrogens with zero attached hydrogens (tertiary/aromatic N) is 4. The summed E-state index contributed by atoms with van der Waals surface area (Å²) < 4.78 is 4.32. The lowest BCUT2D eigenvalue weighted by Crippen LogP contribution is -2.38. The maximum Gasteiger partial charge on any atom is 0.294 e. The van der Waals surface area contributed by atoms with Crippen LogP contribution in [-0.4, -0.2) is 33.8 Å². The molecule has 4 heterocycles. The molecule has 3 aliphatic rings. The largest absolute Gasteiger partial charge is 0.349 e. The summed E-state index contributed by atoms with van der Waals surface area (Å²) in [5.41, 5.74) is 8.38. The Labute approximate surface area is 235 Å². The van der Waals surface area contributed by atoms with Gasteiger partial charge in [-0.2, -0.15) is 0 Å². The SMILES string of the molecule is Cn1c(N2CCn3c(cc4c3CCCC4)C2)c(-c2ccccc2)nc(Nc2ccc(C3CCNCC3)cc2)c1=O. The van der Waals surface area contributed by atoms with E-state index in [1.807, 2.05) is 25.2 Å². The lowest BCUT2D eigenvalue weighted by molar-refractivity contribution is 0.460. The Hall–Kier alpha value is -3.84. The Kier molecular flexibility index (Phi) is 6.68. The lowest BCUT2D eigenvalue weighted by atomic mass is 9.90. The van der Waals surface area contributed by atoms with E-state index in [9.17, 15) is 4.79 Å². The van der Waals surface area contributed by atoms with Gasteiger partial charge in [0.05, 0.1) is 6.54 Å². The van der Waals surface area contributed by atoms with Crippen molar-refractivity contribution in [2.45, 2.75) is 57.5 Å². The highest BCUT2D eigenvalue weighted by atomic mass is 16.1. The van der Waals surface area contributed by atoms with Gasteiger partial charge in [-0.15, -0.1) is 0 Å². The fraction of sp³-hybridized carbons (Fsp3) is 0.394. The van der Waals surface area contributed by atoms with Crippen LogP contribution in [0, 0.1) is 0 Å². The van der Waals surface area contributed by atoms with E-state index in [0.29, 0.717) is 11.7 Å². The zero-order valence-electron chi connectivity index (χ0n) is 23.3. The quantitative estimate of drug-likeness (QED) is 0.361. The predicted molar refractivity (Wildman–Crippen MR) is 162 cm³/mol. The van der Waals surface area contributed by atoms with Gasteiger partial charge in [0.2, 0.25) is 0 Å². The summed E-state index contributed by atoms with van der Waals surface area (Å²) in [6.07, 6.45) is 7.27. The molecule has 2 aromatic heterocycles. The molecule has 2 N–H and O–H groups in total. The van der Waals surface area contributed by atoms with Crippen molar-refractivity contribution in [1.82, 2.24) is 19.4 Å². The first-order valence-electron chi connectivity index (χ1n) is 14.8. The maximum absolute atomic E-state index is 13.7. The minimum Gasteiger partial charge on any atom is -0.349 e. The van der Waals surface area contributed by atoms with Crippen molar-refractivity contribution in [1.29, 1.82) is 0 Å². The molecule has 0 unspecified atom stereocenters. The van der Waals surface area contributed by atoms with Gasteiger partial charge in [0.15, 0.2) is 5.82 Å². The first-order valence-corrected chi connectivity index (χ1v) is 14.8. The Balaban J connectivity index is 1.23. The minimum atomic E-state index is -0.114. The van der Waals surface area contributed by atoms with Crippen molar-refractivity contribution < 1.29 is 0 Å². The molecule has 0 bridgehead atoms. The third-order valence-electron chi connectivity index (χ3n) is 9.03. The zero-order chi connectivity index (χ0) is 27.1. The van der Waals surface area contributed by atoms with E-state index in [2.05, 4.69) is 62.6 Å². The number of anilines is 3. The number of nitrogens with one attached hydrogen (secondary N) is 2. The van der Waals surface area contributed by atoms with Gasteiger partial charge in [-0.05, 0) is 86.9 Å². The second-order valence-electron chi connectivity index (χ2n) is 11.5. The summed E-state index contributed by atoms with van der Waals surface area (Å²) >= 11 is 0. The van der Waals surface area contributed by atoms with Gasteiger partial charge >= 0.3 is 0 Å². The standard InChI is InChI=1S/C33H38N6O/c1-37-32(38-19-20-39-28(22-38)21-26-9-5-6-10-29(26)39)30(25-7-3-2-4-8-25)36-31(33(37)40)35-27-13-11-23(12-14-27)24-15-17-34-18-16-24/h2-4,7-8,11-14,21,24,34H,5-6,9-10,15-20,22H2,1H3,(H,35,36). The second kappa shape index (κ2) is 10.6. The molecule has 7 nitrogen and oxygen atoms in total. The van der Waals surface area contributed by atoms with E-state index in [4.69, 9.17) is 4.98 Å². The summed E-state index contributed by atoms with van der Waals surface area (Å²) in [7, 11) is 1.88. The Morgan fingerprint density at radius 3 is 2.52 bits per heavy atom. The highest BCUT2D eigenvalue weighted by Gasteiger charge is 2.28. The molecule has 0 amide bonds. The summed E-state index contributed by atoms with van der Waals surface area (Å²) in [6.45, 7) is 4.73. The average Bonchev–Trinajstić information content (AvgIpc) is 3.38. The summed E-state index contributed by atoms with van der Waals surface area (Å²) in [5.74, 6) is 1.84. The molecule has 40 heavy (non-hydrogen) atoms. The third kappa shape index (κ3) is 4.62. The molecule has 7 heteroatoms. The molecule has 4 aromatic rings. The van der Waals surface area contributed by atoms with E-state index in [-0.39, 0.29) is 5.56 Å². The van der Waals surface area contributed by atoms with E-state index >= 15 is 0 Å². The minimum absolute atomic E-state index is 0.114. The first kappa shape index (κ1) is 25.1. The molecule has 0 radical (unpaired) electrons.